The molecule has 51 heavy (non-hydrogen) atoms. The van der Waals surface area contributed by atoms with Gasteiger partial charge in [0.1, 0.15) is 34.3 Å². The number of pyridine rings is 1. The lowest BCUT2D eigenvalue weighted by Crippen LogP contribution is -2.56. The second-order valence-corrected chi connectivity index (χ2v) is 12.4. The van der Waals surface area contributed by atoms with Crippen molar-refractivity contribution in [2.24, 2.45) is 0 Å². The highest BCUT2D eigenvalue weighted by Gasteiger charge is 2.41. The molecule has 5 heterocycles. The molecule has 3 N–H and O–H groups in total. The van der Waals surface area contributed by atoms with Gasteiger partial charge in [-0.05, 0) is 64.4 Å². The molecule has 0 aliphatic carbocycles. The number of rotatable bonds is 6. The zero-order valence-electron chi connectivity index (χ0n) is 30.8. The van der Waals surface area contributed by atoms with E-state index >= 15 is 4.39 Å². The van der Waals surface area contributed by atoms with Crippen LogP contribution in [0.15, 0.2) is 6.07 Å². The molecule has 0 saturated carbocycles. The topological polar surface area (TPSA) is 122 Å². The maximum Gasteiger partial charge on any atom is 0.417 e. The van der Waals surface area contributed by atoms with E-state index < -0.39 is 52.0 Å². The molecule has 1 unspecified atom stereocenters. The maximum absolute atomic E-state index is 16.0. The first kappa shape index (κ1) is 41.4. The molecule has 1 aromatic carbocycles. The van der Waals surface area contributed by atoms with E-state index in [2.05, 4.69) is 32.1 Å². The number of ether oxygens (including phenoxy) is 2. The Labute approximate surface area is 296 Å². The van der Waals surface area contributed by atoms with Crippen molar-refractivity contribution in [1.82, 2.24) is 30.1 Å². The number of benzene rings is 1. The second kappa shape index (κ2) is 18.4. The third-order valence-corrected chi connectivity index (χ3v) is 8.59. The Morgan fingerprint density at radius 3 is 2.33 bits per heavy atom. The maximum atomic E-state index is 16.0. The molecule has 0 radical (unpaired) electrons. The normalized spacial score (nSPS) is 18.1. The highest BCUT2D eigenvalue weighted by Crippen LogP contribution is 2.46. The zero-order chi connectivity index (χ0) is 38.0. The number of halogens is 5. The molecule has 2 fully saturated rings. The SMILES string of the molecule is CC.CCCCN1CCCC1.CN(C)C=O.COc1nc2c3c(nc(-c4cc(N)c(F)c(C)c4C(F)(F)F)c(F)c3n1)OC(C)[C@@H]1CNCCN21. The van der Waals surface area contributed by atoms with Crippen LogP contribution in [0.2, 0.25) is 0 Å². The molecule has 3 aromatic rings. The van der Waals surface area contributed by atoms with E-state index in [1.807, 2.05) is 18.7 Å². The number of methoxy groups -OCH3 is 1. The number of anilines is 2. The van der Waals surface area contributed by atoms with E-state index in [1.54, 1.807) is 21.0 Å². The predicted molar refractivity (Wildman–Crippen MR) is 189 cm³/mol. The van der Waals surface area contributed by atoms with E-state index in [9.17, 15) is 22.4 Å². The molecule has 2 aromatic heterocycles. The van der Waals surface area contributed by atoms with Gasteiger partial charge in [-0.25, -0.2) is 13.8 Å². The van der Waals surface area contributed by atoms with Crippen LogP contribution in [0.1, 0.15) is 64.5 Å². The Balaban J connectivity index is 0.000000366. The van der Waals surface area contributed by atoms with Crippen LogP contribution >= 0.6 is 0 Å². The molecule has 2 atom stereocenters. The van der Waals surface area contributed by atoms with Crippen molar-refractivity contribution < 1.29 is 36.2 Å². The van der Waals surface area contributed by atoms with Crippen LogP contribution in [0.25, 0.3) is 22.2 Å². The van der Waals surface area contributed by atoms with Crippen molar-refractivity contribution in [3.63, 3.8) is 0 Å². The number of carbonyl (C=O) groups excluding carboxylic acids is 1. The van der Waals surface area contributed by atoms with Gasteiger partial charge in [0.25, 0.3) is 0 Å². The Bertz CT molecular complexity index is 1620. The van der Waals surface area contributed by atoms with E-state index in [-0.39, 0.29) is 28.8 Å². The number of fused-ring (bicyclic) bond motifs is 2. The minimum atomic E-state index is -5.01. The third-order valence-electron chi connectivity index (χ3n) is 8.59. The monoisotopic (exact) mass is 726 g/mol. The summed E-state index contributed by atoms with van der Waals surface area (Å²) in [5, 5.41) is 3.37. The average molecular weight is 727 g/mol. The summed E-state index contributed by atoms with van der Waals surface area (Å²) >= 11 is 0. The minimum Gasteiger partial charge on any atom is -0.472 e. The van der Waals surface area contributed by atoms with Crippen molar-refractivity contribution >= 4 is 28.8 Å². The minimum absolute atomic E-state index is 0.115. The molecular formula is C35H51F5N8O3. The van der Waals surface area contributed by atoms with Gasteiger partial charge >= 0.3 is 12.2 Å². The average Bonchev–Trinajstić information content (AvgIpc) is 3.61. The number of alkyl halides is 3. The lowest BCUT2D eigenvalue weighted by molar-refractivity contribution is -0.137. The van der Waals surface area contributed by atoms with Gasteiger partial charge in [-0.15, -0.1) is 0 Å². The van der Waals surface area contributed by atoms with Gasteiger partial charge in [0, 0.05) is 39.3 Å². The molecule has 3 aliphatic heterocycles. The van der Waals surface area contributed by atoms with E-state index in [4.69, 9.17) is 15.2 Å². The van der Waals surface area contributed by atoms with Crippen molar-refractivity contribution in [3.05, 3.63) is 28.8 Å². The van der Waals surface area contributed by atoms with Crippen molar-refractivity contribution in [3.8, 4) is 23.1 Å². The summed E-state index contributed by atoms with van der Waals surface area (Å²) < 4.78 is 83.5. The summed E-state index contributed by atoms with van der Waals surface area (Å²) in [4.78, 5) is 28.0. The third kappa shape index (κ3) is 9.64. The van der Waals surface area contributed by atoms with Crippen LogP contribution in [0.4, 0.5) is 33.5 Å². The summed E-state index contributed by atoms with van der Waals surface area (Å²) in [5.74, 6) is -2.22. The standard InChI is InChI=1S/C22H21F5N6O2.C8H17N.C3H7NO.C2H6/c1-8-14(22(25,26)27)10(6-11(28)15(8)23)17-16(24)18-13-19(32-21(31-18)34-3)33-5-4-29-7-12(33)9(2)35-20(13)30-17;1-2-3-6-9-7-4-5-8-9;1-4(2)3-5;1-2/h6,9,12,29H,4-5,7,28H2,1-3H3;2-8H2,1H3;3H,1-2H3;1-2H3/t9?,12-;;;/m0.../s1. The van der Waals surface area contributed by atoms with Gasteiger partial charge < -0.3 is 35.2 Å². The number of hydrogen-bond acceptors (Lipinski definition) is 10. The van der Waals surface area contributed by atoms with E-state index in [0.717, 1.165) is 19.4 Å². The lowest BCUT2D eigenvalue weighted by Gasteiger charge is -2.38. The molecule has 0 bridgehead atoms. The Morgan fingerprint density at radius 2 is 1.76 bits per heavy atom. The molecule has 284 valence electrons. The molecule has 1 amide bonds. The number of amides is 1. The molecule has 2 saturated heterocycles. The Kier molecular flexibility index (Phi) is 15.0. The Hall–Kier alpha value is -4.05. The van der Waals surface area contributed by atoms with E-state index in [0.29, 0.717) is 25.5 Å². The number of likely N-dealkylation sites (tertiary alicyclic amines) is 1. The molecule has 6 rings (SSSR count). The number of piperazine rings is 1. The van der Waals surface area contributed by atoms with Crippen molar-refractivity contribution in [1.29, 1.82) is 0 Å². The van der Waals surface area contributed by atoms with E-state index in [1.165, 1.54) is 57.3 Å². The van der Waals surface area contributed by atoms with Gasteiger partial charge in [-0.2, -0.15) is 23.1 Å². The first-order chi connectivity index (χ1) is 24.2. The van der Waals surface area contributed by atoms with Crippen LogP contribution < -0.4 is 25.4 Å². The van der Waals surface area contributed by atoms with Crippen LogP contribution in [0.5, 0.6) is 11.9 Å². The van der Waals surface area contributed by atoms with Gasteiger partial charge in [0.05, 0.1) is 24.4 Å². The van der Waals surface area contributed by atoms with Gasteiger partial charge in [-0.3, -0.25) is 4.79 Å². The smallest absolute Gasteiger partial charge is 0.417 e. The number of aromatic nitrogens is 3. The molecule has 11 nitrogen and oxygen atoms in total. The highest BCUT2D eigenvalue weighted by molar-refractivity contribution is 5.97. The van der Waals surface area contributed by atoms with Crippen LogP contribution in [0.3, 0.4) is 0 Å². The van der Waals surface area contributed by atoms with Crippen LogP contribution in [0, 0.1) is 18.6 Å². The number of nitrogens with zero attached hydrogens (tertiary/aromatic N) is 6. The fraction of sp³-hybridized carbons (Fsp3) is 0.600. The van der Waals surface area contributed by atoms with Crippen molar-refractivity contribution in [2.45, 2.75) is 78.6 Å². The number of nitrogen functional groups attached to an aromatic ring is 1. The number of nitrogens with one attached hydrogen (secondary N) is 1. The van der Waals surface area contributed by atoms with Gasteiger partial charge in [0.2, 0.25) is 12.3 Å². The fourth-order valence-corrected chi connectivity index (χ4v) is 6.09. The predicted octanol–water partition coefficient (Wildman–Crippen LogP) is 6.06. The molecule has 3 aliphatic rings. The summed E-state index contributed by atoms with van der Waals surface area (Å²) in [6, 6.07) is 0.329. The van der Waals surface area contributed by atoms with Gasteiger partial charge in [0.15, 0.2) is 5.82 Å². The van der Waals surface area contributed by atoms with Crippen LogP contribution in [-0.4, -0.2) is 104 Å². The Morgan fingerprint density at radius 1 is 1.12 bits per heavy atom. The zero-order valence-corrected chi connectivity index (χ0v) is 30.8. The summed E-state index contributed by atoms with van der Waals surface area (Å²) in [7, 11) is 4.67. The number of nitrogens with two attached hydrogens (primary N) is 1. The number of hydrogen-bond donors (Lipinski definition) is 2. The molecule has 0 spiro atoms. The van der Waals surface area contributed by atoms with Gasteiger partial charge in [-0.1, -0.05) is 27.2 Å². The van der Waals surface area contributed by atoms with Crippen LogP contribution in [-0.2, 0) is 11.0 Å². The molecular weight excluding hydrogens is 675 g/mol. The lowest BCUT2D eigenvalue weighted by atomic mass is 9.96. The number of carbonyl (C=O) groups is 1. The number of unbranched alkanes of at least 4 members (excludes halogenated alkanes) is 1. The highest BCUT2D eigenvalue weighted by atomic mass is 19.4. The fourth-order valence-electron chi connectivity index (χ4n) is 6.09. The summed E-state index contributed by atoms with van der Waals surface area (Å²) in [6.07, 6.45) is 0.850. The summed E-state index contributed by atoms with van der Waals surface area (Å²) in [5.41, 5.74) is 1.15. The quantitative estimate of drug-likeness (QED) is 0.176. The largest absolute Gasteiger partial charge is 0.472 e. The second-order valence-electron chi connectivity index (χ2n) is 12.4. The molecule has 16 heteroatoms. The summed E-state index contributed by atoms with van der Waals surface area (Å²) in [6.45, 7) is 14.7. The first-order valence-corrected chi connectivity index (χ1v) is 17.3. The first-order valence-electron chi connectivity index (χ1n) is 17.3. The van der Waals surface area contributed by atoms with Crippen molar-refractivity contribution in [2.75, 3.05) is 71.1 Å².